The summed E-state index contributed by atoms with van der Waals surface area (Å²) < 4.78 is 67.9. The zero-order valence-corrected chi connectivity index (χ0v) is 28.7. The van der Waals surface area contributed by atoms with E-state index < -0.39 is 24.2 Å². The summed E-state index contributed by atoms with van der Waals surface area (Å²) >= 11 is 0. The largest absolute Gasteiger partial charge is 0.397 e. The minimum absolute atomic E-state index is 0.0914. The number of rotatable bonds is 3. The molecule has 0 radical (unpaired) electrons. The van der Waals surface area contributed by atoms with Crippen molar-refractivity contribution in [3.8, 4) is 5.69 Å². The molecule has 7 aromatic rings. The Bertz CT molecular complexity index is 2650. The highest BCUT2D eigenvalue weighted by Crippen LogP contribution is 2.60. The van der Waals surface area contributed by atoms with Crippen LogP contribution in [0.25, 0.3) is 27.5 Å². The van der Waals surface area contributed by atoms with Crippen LogP contribution in [0.3, 0.4) is 0 Å². The molecule has 1 aromatic heterocycles. The lowest BCUT2D eigenvalue weighted by molar-refractivity contribution is -0.200. The SMILES string of the molecule is Cc1cc2c3c(c1)C(F)(F)C(F)(F)N3c1cc(N(c3ccccc3C)c3ccccc3C)cc3c1B2c1cc(C)cc2c4cc(C)ccc4n-3c12. The third-order valence-corrected chi connectivity index (χ3v) is 11.2. The fourth-order valence-electron chi connectivity index (χ4n) is 9.06. The third-order valence-electron chi connectivity index (χ3n) is 11.2. The van der Waals surface area contributed by atoms with E-state index in [1.54, 1.807) is 13.0 Å². The van der Waals surface area contributed by atoms with Crippen molar-refractivity contribution in [2.45, 2.75) is 46.6 Å². The molecule has 0 aliphatic carbocycles. The maximum Gasteiger partial charge on any atom is 0.397 e. The van der Waals surface area contributed by atoms with Crippen LogP contribution in [0, 0.1) is 34.6 Å². The predicted molar refractivity (Wildman–Crippen MR) is 201 cm³/mol. The van der Waals surface area contributed by atoms with E-state index in [0.29, 0.717) is 32.8 Å². The second-order valence-electron chi connectivity index (χ2n) is 14.5. The normalized spacial score (nSPS) is 15.8. The van der Waals surface area contributed by atoms with Crippen LogP contribution < -0.4 is 26.2 Å². The molecule has 0 spiro atoms. The van der Waals surface area contributed by atoms with Crippen molar-refractivity contribution in [3.63, 3.8) is 0 Å². The maximum atomic E-state index is 16.7. The highest BCUT2D eigenvalue weighted by Gasteiger charge is 2.70. The summed E-state index contributed by atoms with van der Waals surface area (Å²) in [5.74, 6) is -4.41. The number of fused-ring (bicyclic) bond motifs is 7. The van der Waals surface area contributed by atoms with Gasteiger partial charge in [-0.3, -0.25) is 4.90 Å². The van der Waals surface area contributed by atoms with E-state index in [4.69, 9.17) is 0 Å². The summed E-state index contributed by atoms with van der Waals surface area (Å²) in [5.41, 5.74) is 11.0. The maximum absolute atomic E-state index is 16.7. The Morgan fingerprint density at radius 2 is 1.22 bits per heavy atom. The standard InChI is InChI=1S/C43H32BF4N3/c1-23-14-15-36-29(16-23)30-17-24(2)19-32-40(30)50(36)37-21-28(49(34-12-8-6-10-26(34)4)35-13-9-7-11-27(35)5)22-38-39(37)44(32)33-20-25(3)18-31-41(33)51(38)43(47,48)42(31,45)46/h6-22H,1-5H3. The quantitative estimate of drug-likeness (QED) is 0.105. The summed E-state index contributed by atoms with van der Waals surface area (Å²) in [5, 5.41) is 2.12. The van der Waals surface area contributed by atoms with Gasteiger partial charge < -0.3 is 9.47 Å². The molecule has 0 bridgehead atoms. The summed E-state index contributed by atoms with van der Waals surface area (Å²) in [6, 6.07) is 28.8. The molecule has 10 rings (SSSR count). The molecule has 3 aliphatic heterocycles. The molecule has 3 aliphatic rings. The molecule has 6 aromatic carbocycles. The van der Waals surface area contributed by atoms with Crippen molar-refractivity contribution in [1.82, 2.24) is 4.57 Å². The molecule has 51 heavy (non-hydrogen) atoms. The van der Waals surface area contributed by atoms with Gasteiger partial charge in [-0.1, -0.05) is 71.3 Å². The minimum Gasteiger partial charge on any atom is -0.310 e. The van der Waals surface area contributed by atoms with Crippen LogP contribution in [0.2, 0.25) is 0 Å². The number of benzene rings is 6. The molecule has 0 unspecified atom stereocenters. The molecule has 8 heteroatoms. The summed E-state index contributed by atoms with van der Waals surface area (Å²) in [6.07, 6.45) is 0. The summed E-state index contributed by atoms with van der Waals surface area (Å²) in [4.78, 5) is 2.73. The first kappa shape index (κ1) is 30.3. The number of hydrogen-bond donors (Lipinski definition) is 0. The Labute approximate surface area is 293 Å². The molecule has 0 saturated heterocycles. The van der Waals surface area contributed by atoms with E-state index in [2.05, 4.69) is 52.8 Å². The fourth-order valence-corrected chi connectivity index (χ4v) is 9.06. The van der Waals surface area contributed by atoms with Gasteiger partial charge >= 0.3 is 12.0 Å². The van der Waals surface area contributed by atoms with E-state index in [1.165, 1.54) is 6.07 Å². The van der Waals surface area contributed by atoms with Crippen LogP contribution in [-0.2, 0) is 5.92 Å². The summed E-state index contributed by atoms with van der Waals surface area (Å²) in [7, 11) is 0. The topological polar surface area (TPSA) is 11.4 Å². The van der Waals surface area contributed by atoms with Crippen LogP contribution >= 0.6 is 0 Å². The Morgan fingerprint density at radius 3 is 1.90 bits per heavy atom. The average Bonchev–Trinajstić information content (AvgIpc) is 3.48. The van der Waals surface area contributed by atoms with Gasteiger partial charge in [-0.05, 0) is 111 Å². The van der Waals surface area contributed by atoms with Crippen LogP contribution in [0.4, 0.5) is 46.0 Å². The molecule has 3 nitrogen and oxygen atoms in total. The van der Waals surface area contributed by atoms with Gasteiger partial charge in [0.2, 0.25) is 0 Å². The third kappa shape index (κ3) is 3.75. The number of para-hydroxylation sites is 2. The Balaban J connectivity index is 1.42. The fraction of sp³-hybridized carbons (Fsp3) is 0.163. The van der Waals surface area contributed by atoms with Crippen LogP contribution in [0.15, 0.2) is 103 Å². The van der Waals surface area contributed by atoms with Crippen molar-refractivity contribution in [2.75, 3.05) is 9.80 Å². The first-order chi connectivity index (χ1) is 24.4. The van der Waals surface area contributed by atoms with Crippen LogP contribution in [0.5, 0.6) is 0 Å². The van der Waals surface area contributed by atoms with Crippen LogP contribution in [-0.4, -0.2) is 17.3 Å². The van der Waals surface area contributed by atoms with E-state index in [0.717, 1.165) is 60.9 Å². The lowest BCUT2D eigenvalue weighted by Crippen LogP contribution is -2.62. The number of anilines is 5. The van der Waals surface area contributed by atoms with Gasteiger partial charge in [-0.2, -0.15) is 17.6 Å². The first-order valence-electron chi connectivity index (χ1n) is 17.2. The van der Waals surface area contributed by atoms with Gasteiger partial charge in [0.15, 0.2) is 0 Å². The number of halogens is 4. The van der Waals surface area contributed by atoms with Crippen LogP contribution in [0.1, 0.15) is 33.4 Å². The van der Waals surface area contributed by atoms with Crippen molar-refractivity contribution < 1.29 is 17.6 Å². The molecule has 0 fully saturated rings. The molecular formula is C43H32BF4N3. The molecule has 250 valence electrons. The van der Waals surface area contributed by atoms with E-state index in [9.17, 15) is 0 Å². The number of nitrogens with zero attached hydrogens (tertiary/aromatic N) is 3. The lowest BCUT2D eigenvalue weighted by atomic mass is 9.33. The number of aromatic nitrogens is 1. The van der Waals surface area contributed by atoms with Gasteiger partial charge in [0.05, 0.1) is 22.5 Å². The molecule has 0 atom stereocenters. The number of aryl methyl sites for hydroxylation is 5. The van der Waals surface area contributed by atoms with E-state index in [-0.39, 0.29) is 11.4 Å². The Kier molecular flexibility index (Phi) is 5.86. The smallest absolute Gasteiger partial charge is 0.310 e. The minimum atomic E-state index is -4.51. The number of alkyl halides is 4. The molecular weight excluding hydrogens is 645 g/mol. The lowest BCUT2D eigenvalue weighted by Gasteiger charge is -2.41. The van der Waals surface area contributed by atoms with Gasteiger partial charge in [0.25, 0.3) is 6.71 Å². The van der Waals surface area contributed by atoms with E-state index >= 15 is 17.6 Å². The molecule has 0 N–H and O–H groups in total. The molecule has 0 saturated carbocycles. The van der Waals surface area contributed by atoms with E-state index in [1.807, 2.05) is 75.4 Å². The highest BCUT2D eigenvalue weighted by molar-refractivity contribution is 7.00. The zero-order valence-electron chi connectivity index (χ0n) is 28.7. The van der Waals surface area contributed by atoms with Gasteiger partial charge in [-0.15, -0.1) is 0 Å². The summed E-state index contributed by atoms with van der Waals surface area (Å²) in [6.45, 7) is 9.31. The Morgan fingerprint density at radius 1 is 0.608 bits per heavy atom. The molecule has 4 heterocycles. The predicted octanol–water partition coefficient (Wildman–Crippen LogP) is 9.77. The van der Waals surface area contributed by atoms with Gasteiger partial charge in [0.1, 0.15) is 0 Å². The first-order valence-corrected chi connectivity index (χ1v) is 17.2. The second kappa shape index (κ2) is 9.84. The second-order valence-corrected chi connectivity index (χ2v) is 14.5. The molecule has 0 amide bonds. The van der Waals surface area contributed by atoms with Gasteiger partial charge in [-0.25, -0.2) is 0 Å². The monoisotopic (exact) mass is 677 g/mol. The highest BCUT2D eigenvalue weighted by atomic mass is 19.3. The average molecular weight is 678 g/mol. The van der Waals surface area contributed by atoms with Gasteiger partial charge in [0, 0.05) is 39.0 Å². The van der Waals surface area contributed by atoms with Crippen molar-refractivity contribution >= 4 is 73.3 Å². The zero-order chi connectivity index (χ0) is 35.3. The number of hydrogen-bond acceptors (Lipinski definition) is 2. The van der Waals surface area contributed by atoms with Crippen molar-refractivity contribution in [1.29, 1.82) is 0 Å². The van der Waals surface area contributed by atoms with Crippen molar-refractivity contribution in [2.24, 2.45) is 0 Å². The van der Waals surface area contributed by atoms with Crippen molar-refractivity contribution in [3.05, 3.63) is 137 Å². The Hall–Kier alpha value is -5.50.